The maximum Gasteiger partial charge on any atom is 0.223 e. The second kappa shape index (κ2) is 6.77. The molecule has 0 aliphatic heterocycles. The minimum absolute atomic E-state index is 0.300. The molecule has 3 heteroatoms. The van der Waals surface area contributed by atoms with E-state index in [2.05, 4.69) is 21.2 Å². The Morgan fingerprint density at radius 2 is 1.71 bits per heavy atom. The first-order valence-electron chi connectivity index (χ1n) is 7.17. The van der Waals surface area contributed by atoms with Crippen LogP contribution < -0.4 is 5.32 Å². The van der Waals surface area contributed by atoms with Crippen LogP contribution in [-0.4, -0.2) is 17.3 Å². The zero-order valence-corrected chi connectivity index (χ0v) is 12.2. The van der Waals surface area contributed by atoms with Crippen molar-refractivity contribution < 1.29 is 4.79 Å². The number of alkyl halides is 1. The predicted octanol–water partition coefficient (Wildman–Crippen LogP) is 3.64. The van der Waals surface area contributed by atoms with Gasteiger partial charge in [0, 0.05) is 17.3 Å². The van der Waals surface area contributed by atoms with Gasteiger partial charge in [0.05, 0.1) is 0 Å². The zero-order chi connectivity index (χ0) is 12.1. The molecule has 0 heterocycles. The number of carbonyl (C=O) groups is 1. The largest absolute Gasteiger partial charge is 0.353 e. The third-order valence-electron chi connectivity index (χ3n) is 4.41. The van der Waals surface area contributed by atoms with E-state index in [1.807, 2.05) is 0 Å². The summed E-state index contributed by atoms with van der Waals surface area (Å²) in [7, 11) is 0. The van der Waals surface area contributed by atoms with Gasteiger partial charge < -0.3 is 5.32 Å². The fourth-order valence-corrected chi connectivity index (χ4v) is 4.03. The Morgan fingerprint density at radius 3 is 2.35 bits per heavy atom. The Labute approximate surface area is 113 Å². The molecule has 98 valence electrons. The summed E-state index contributed by atoms with van der Waals surface area (Å²) < 4.78 is 0. The van der Waals surface area contributed by atoms with Crippen molar-refractivity contribution in [1.82, 2.24) is 5.32 Å². The molecule has 2 aliphatic rings. The minimum Gasteiger partial charge on any atom is -0.353 e. The van der Waals surface area contributed by atoms with Gasteiger partial charge in [-0.3, -0.25) is 4.79 Å². The summed E-state index contributed by atoms with van der Waals surface area (Å²) in [6.07, 6.45) is 11.0. The second-order valence-corrected chi connectivity index (χ2v) is 6.30. The maximum absolute atomic E-state index is 12.2. The second-order valence-electron chi connectivity index (χ2n) is 5.65. The third kappa shape index (κ3) is 3.70. The highest BCUT2D eigenvalue weighted by molar-refractivity contribution is 9.09. The van der Waals surface area contributed by atoms with Crippen LogP contribution in [-0.2, 0) is 4.79 Å². The topological polar surface area (TPSA) is 29.1 Å². The number of nitrogens with one attached hydrogen (secondary N) is 1. The normalized spacial score (nSPS) is 31.1. The molecule has 1 amide bonds. The summed E-state index contributed by atoms with van der Waals surface area (Å²) in [4.78, 5) is 12.2. The van der Waals surface area contributed by atoms with E-state index >= 15 is 0 Å². The molecule has 2 fully saturated rings. The Balaban J connectivity index is 1.82. The molecule has 17 heavy (non-hydrogen) atoms. The molecule has 2 aliphatic carbocycles. The zero-order valence-electron chi connectivity index (χ0n) is 10.6. The van der Waals surface area contributed by atoms with E-state index in [-0.39, 0.29) is 0 Å². The van der Waals surface area contributed by atoms with Crippen molar-refractivity contribution in [3.8, 4) is 0 Å². The average molecular weight is 302 g/mol. The van der Waals surface area contributed by atoms with Gasteiger partial charge in [-0.15, -0.1) is 0 Å². The van der Waals surface area contributed by atoms with Crippen LogP contribution in [0.3, 0.4) is 0 Å². The standard InChI is InChI=1S/C14H24BrNO/c15-10-12-8-5-9-13(12)16-14(17)11-6-3-1-2-4-7-11/h11-13H,1-10H2,(H,16,17). The lowest BCUT2D eigenvalue weighted by atomic mass is 9.98. The van der Waals surface area contributed by atoms with Crippen LogP contribution >= 0.6 is 15.9 Å². The summed E-state index contributed by atoms with van der Waals surface area (Å²) in [5.41, 5.74) is 0. The first-order chi connectivity index (χ1) is 8.31. The maximum atomic E-state index is 12.2. The van der Waals surface area contributed by atoms with Crippen molar-refractivity contribution in [3.05, 3.63) is 0 Å². The van der Waals surface area contributed by atoms with Gasteiger partial charge in [-0.05, 0) is 31.6 Å². The first-order valence-corrected chi connectivity index (χ1v) is 8.29. The van der Waals surface area contributed by atoms with Gasteiger partial charge in [0.25, 0.3) is 0 Å². The van der Waals surface area contributed by atoms with Crippen LogP contribution in [0, 0.1) is 11.8 Å². The highest BCUT2D eigenvalue weighted by Gasteiger charge is 2.29. The summed E-state index contributed by atoms with van der Waals surface area (Å²) in [6, 6.07) is 0.435. The number of hydrogen-bond donors (Lipinski definition) is 1. The van der Waals surface area contributed by atoms with Crippen LogP contribution in [0.1, 0.15) is 57.8 Å². The Kier molecular flexibility index (Phi) is 5.33. The van der Waals surface area contributed by atoms with E-state index in [9.17, 15) is 4.79 Å². The molecule has 0 aromatic carbocycles. The fraction of sp³-hybridized carbons (Fsp3) is 0.929. The smallest absolute Gasteiger partial charge is 0.223 e. The molecular weight excluding hydrogens is 278 g/mol. The van der Waals surface area contributed by atoms with Gasteiger partial charge in [-0.25, -0.2) is 0 Å². The van der Waals surface area contributed by atoms with Gasteiger partial charge in [-0.1, -0.05) is 48.0 Å². The van der Waals surface area contributed by atoms with Crippen LogP contribution in [0.4, 0.5) is 0 Å². The van der Waals surface area contributed by atoms with Crippen molar-refractivity contribution in [2.24, 2.45) is 11.8 Å². The molecule has 0 aromatic heterocycles. The lowest BCUT2D eigenvalue weighted by molar-refractivity contribution is -0.126. The number of amides is 1. The first kappa shape index (κ1) is 13.4. The molecule has 2 atom stereocenters. The van der Waals surface area contributed by atoms with Gasteiger partial charge in [0.1, 0.15) is 0 Å². The molecule has 2 nitrogen and oxygen atoms in total. The Morgan fingerprint density at radius 1 is 1.00 bits per heavy atom. The molecule has 2 rings (SSSR count). The van der Waals surface area contributed by atoms with E-state index in [0.29, 0.717) is 23.8 Å². The summed E-state index contributed by atoms with van der Waals surface area (Å²) in [5, 5.41) is 4.34. The summed E-state index contributed by atoms with van der Waals surface area (Å²) >= 11 is 3.56. The van der Waals surface area contributed by atoms with E-state index < -0.39 is 0 Å². The van der Waals surface area contributed by atoms with E-state index in [1.54, 1.807) is 0 Å². The highest BCUT2D eigenvalue weighted by atomic mass is 79.9. The van der Waals surface area contributed by atoms with Crippen LogP contribution in [0.25, 0.3) is 0 Å². The van der Waals surface area contributed by atoms with Crippen LogP contribution in [0.5, 0.6) is 0 Å². The minimum atomic E-state index is 0.300. The molecule has 0 saturated heterocycles. The average Bonchev–Trinajstić information content (AvgIpc) is 2.62. The number of halogens is 1. The Hall–Kier alpha value is -0.0500. The Bertz CT molecular complexity index is 249. The number of hydrogen-bond acceptors (Lipinski definition) is 1. The summed E-state index contributed by atoms with van der Waals surface area (Å²) in [6.45, 7) is 0. The molecule has 0 bridgehead atoms. The van der Waals surface area contributed by atoms with E-state index in [4.69, 9.17) is 0 Å². The van der Waals surface area contributed by atoms with Crippen molar-refractivity contribution >= 4 is 21.8 Å². The van der Waals surface area contributed by atoms with Gasteiger partial charge in [-0.2, -0.15) is 0 Å². The van der Waals surface area contributed by atoms with Crippen LogP contribution in [0.15, 0.2) is 0 Å². The van der Waals surface area contributed by atoms with Gasteiger partial charge in [0.2, 0.25) is 5.91 Å². The van der Waals surface area contributed by atoms with Crippen molar-refractivity contribution in [1.29, 1.82) is 0 Å². The van der Waals surface area contributed by atoms with Crippen molar-refractivity contribution in [2.45, 2.75) is 63.8 Å². The lowest BCUT2D eigenvalue weighted by Crippen LogP contribution is -2.41. The highest BCUT2D eigenvalue weighted by Crippen LogP contribution is 2.28. The molecule has 0 spiro atoms. The van der Waals surface area contributed by atoms with E-state index in [1.165, 1.54) is 44.9 Å². The fourth-order valence-electron chi connectivity index (χ4n) is 3.25. The third-order valence-corrected chi connectivity index (χ3v) is 5.24. The molecule has 2 unspecified atom stereocenters. The van der Waals surface area contributed by atoms with Gasteiger partial charge in [0.15, 0.2) is 0 Å². The van der Waals surface area contributed by atoms with E-state index in [0.717, 1.165) is 18.2 Å². The van der Waals surface area contributed by atoms with Crippen molar-refractivity contribution in [2.75, 3.05) is 5.33 Å². The molecule has 0 radical (unpaired) electrons. The molecule has 1 N–H and O–H groups in total. The molecule has 0 aromatic rings. The SMILES string of the molecule is O=C(NC1CCCC1CBr)C1CCCCCC1. The quantitative estimate of drug-likeness (QED) is 0.626. The van der Waals surface area contributed by atoms with Gasteiger partial charge >= 0.3 is 0 Å². The summed E-state index contributed by atoms with van der Waals surface area (Å²) in [5.74, 6) is 1.29. The van der Waals surface area contributed by atoms with Crippen LogP contribution in [0.2, 0.25) is 0 Å². The molecule has 2 saturated carbocycles. The monoisotopic (exact) mass is 301 g/mol. The number of carbonyl (C=O) groups excluding carboxylic acids is 1. The lowest BCUT2D eigenvalue weighted by Gasteiger charge is -2.22. The molecular formula is C14H24BrNO. The number of rotatable bonds is 3. The predicted molar refractivity (Wildman–Crippen MR) is 74.3 cm³/mol. The van der Waals surface area contributed by atoms with Crippen molar-refractivity contribution in [3.63, 3.8) is 0 Å².